The third-order valence-corrected chi connectivity index (χ3v) is 3.32. The van der Waals surface area contributed by atoms with Crippen molar-refractivity contribution in [2.75, 3.05) is 26.7 Å². The van der Waals surface area contributed by atoms with E-state index in [1.807, 2.05) is 25.1 Å². The lowest BCUT2D eigenvalue weighted by molar-refractivity contribution is -0.131. The third kappa shape index (κ3) is 5.21. The molecule has 1 rings (SSSR count). The van der Waals surface area contributed by atoms with Gasteiger partial charge in [0, 0.05) is 19.6 Å². The zero-order valence-electron chi connectivity index (χ0n) is 13.0. The summed E-state index contributed by atoms with van der Waals surface area (Å²) in [4.78, 5) is 13.3. The highest BCUT2D eigenvalue weighted by Gasteiger charge is 2.09. The molecule has 1 atom stereocenters. The molecule has 0 fully saturated rings. The van der Waals surface area contributed by atoms with Crippen LogP contribution in [0.1, 0.15) is 38.8 Å². The summed E-state index contributed by atoms with van der Waals surface area (Å²) in [5, 5.41) is 3.44. The van der Waals surface area contributed by atoms with Crippen molar-refractivity contribution in [2.24, 2.45) is 0 Å². The minimum absolute atomic E-state index is 0.00457. The van der Waals surface area contributed by atoms with E-state index in [0.717, 1.165) is 18.7 Å². The lowest BCUT2D eigenvalue weighted by Gasteiger charge is -2.17. The van der Waals surface area contributed by atoms with Gasteiger partial charge in [-0.05, 0) is 44.5 Å². The van der Waals surface area contributed by atoms with Crippen molar-refractivity contribution in [3.8, 4) is 5.75 Å². The van der Waals surface area contributed by atoms with Gasteiger partial charge in [0.2, 0.25) is 0 Å². The summed E-state index contributed by atoms with van der Waals surface area (Å²) in [5.74, 6) is 0.737. The van der Waals surface area contributed by atoms with Crippen molar-refractivity contribution in [2.45, 2.75) is 33.2 Å². The van der Waals surface area contributed by atoms with Crippen LogP contribution in [0, 0.1) is 0 Å². The highest BCUT2D eigenvalue weighted by molar-refractivity contribution is 5.77. The summed E-state index contributed by atoms with van der Waals surface area (Å²) < 4.78 is 5.57. The molecule has 1 aromatic carbocycles. The second kappa shape index (κ2) is 8.59. The maximum absolute atomic E-state index is 11.7. The maximum Gasteiger partial charge on any atom is 0.260 e. The molecule has 0 radical (unpaired) electrons. The van der Waals surface area contributed by atoms with Crippen molar-refractivity contribution in [3.05, 3.63) is 29.8 Å². The largest absolute Gasteiger partial charge is 0.484 e. The van der Waals surface area contributed by atoms with Crippen LogP contribution in [0.25, 0.3) is 0 Å². The van der Waals surface area contributed by atoms with Crippen molar-refractivity contribution in [3.63, 3.8) is 0 Å². The average molecular weight is 278 g/mol. The minimum atomic E-state index is -0.00457. The van der Waals surface area contributed by atoms with Crippen LogP contribution < -0.4 is 10.1 Å². The molecule has 0 spiro atoms. The zero-order valence-corrected chi connectivity index (χ0v) is 13.0. The molecule has 0 saturated carbocycles. The first-order valence-electron chi connectivity index (χ1n) is 7.28. The maximum atomic E-state index is 11.7. The molecule has 112 valence electrons. The number of amides is 1. The molecule has 0 aromatic heterocycles. The van der Waals surface area contributed by atoms with Crippen LogP contribution in [0.2, 0.25) is 0 Å². The van der Waals surface area contributed by atoms with E-state index in [4.69, 9.17) is 4.74 Å². The van der Waals surface area contributed by atoms with E-state index in [1.165, 1.54) is 5.56 Å². The van der Waals surface area contributed by atoms with Crippen molar-refractivity contribution in [1.29, 1.82) is 0 Å². The number of carbonyl (C=O) groups excluding carboxylic acids is 1. The Bertz CT molecular complexity index is 421. The predicted molar refractivity (Wildman–Crippen MR) is 82.0 cm³/mol. The number of carbonyl (C=O) groups is 1. The van der Waals surface area contributed by atoms with E-state index >= 15 is 0 Å². The van der Waals surface area contributed by atoms with Crippen LogP contribution >= 0.6 is 0 Å². The van der Waals surface area contributed by atoms with E-state index in [1.54, 1.807) is 11.9 Å². The third-order valence-electron chi connectivity index (χ3n) is 3.32. The van der Waals surface area contributed by atoms with E-state index in [2.05, 4.69) is 25.2 Å². The normalized spacial score (nSPS) is 12.0. The van der Waals surface area contributed by atoms with Crippen LogP contribution in [0.15, 0.2) is 24.3 Å². The highest BCUT2D eigenvalue weighted by Crippen LogP contribution is 2.19. The van der Waals surface area contributed by atoms with Crippen LogP contribution in [-0.2, 0) is 4.79 Å². The molecule has 0 saturated heterocycles. The molecule has 1 aromatic rings. The molecule has 0 heterocycles. The topological polar surface area (TPSA) is 41.6 Å². The Labute approximate surface area is 122 Å². The second-order valence-corrected chi connectivity index (χ2v) is 4.94. The average Bonchev–Trinajstić information content (AvgIpc) is 2.49. The number of nitrogens with one attached hydrogen (secondary N) is 1. The summed E-state index contributed by atoms with van der Waals surface area (Å²) in [6, 6.07) is 8.19. The Hall–Kier alpha value is -1.55. The molecule has 0 aliphatic heterocycles. The Morgan fingerprint density at radius 3 is 2.80 bits per heavy atom. The molecule has 1 unspecified atom stereocenters. The predicted octanol–water partition coefficient (Wildman–Crippen LogP) is 2.60. The van der Waals surface area contributed by atoms with Gasteiger partial charge in [0.15, 0.2) is 6.61 Å². The number of rotatable bonds is 8. The second-order valence-electron chi connectivity index (χ2n) is 4.94. The number of hydrogen-bond donors (Lipinski definition) is 1. The minimum Gasteiger partial charge on any atom is -0.484 e. The highest BCUT2D eigenvalue weighted by atomic mass is 16.5. The van der Waals surface area contributed by atoms with Gasteiger partial charge in [-0.2, -0.15) is 0 Å². The fourth-order valence-corrected chi connectivity index (χ4v) is 1.78. The number of ether oxygens (including phenoxy) is 1. The zero-order chi connectivity index (χ0) is 15.0. The molecule has 20 heavy (non-hydrogen) atoms. The number of benzene rings is 1. The summed E-state index contributed by atoms with van der Waals surface area (Å²) in [7, 11) is 1.78. The van der Waals surface area contributed by atoms with Crippen LogP contribution in [-0.4, -0.2) is 37.6 Å². The lowest BCUT2D eigenvalue weighted by atomic mass is 10.1. The molecular weight excluding hydrogens is 252 g/mol. The van der Waals surface area contributed by atoms with Gasteiger partial charge < -0.3 is 15.0 Å². The smallest absolute Gasteiger partial charge is 0.260 e. The Morgan fingerprint density at radius 1 is 1.40 bits per heavy atom. The SMILES string of the molecule is CCCNC(C)c1cccc(OCC(=O)N(C)CC)c1. The number of hydrogen-bond acceptors (Lipinski definition) is 3. The monoisotopic (exact) mass is 278 g/mol. The Kier molecular flexibility index (Phi) is 7.09. The standard InChI is InChI=1S/C16H26N2O2/c1-5-10-17-13(3)14-8-7-9-15(11-14)20-12-16(19)18(4)6-2/h7-9,11,13,17H,5-6,10,12H2,1-4H3. The molecule has 0 aliphatic rings. The van der Waals surface area contributed by atoms with E-state index in [-0.39, 0.29) is 18.6 Å². The van der Waals surface area contributed by atoms with Gasteiger partial charge in [0.05, 0.1) is 0 Å². The van der Waals surface area contributed by atoms with Gasteiger partial charge in [-0.15, -0.1) is 0 Å². The van der Waals surface area contributed by atoms with Gasteiger partial charge >= 0.3 is 0 Å². The molecular formula is C16H26N2O2. The summed E-state index contributed by atoms with van der Waals surface area (Å²) in [6.07, 6.45) is 1.11. The van der Waals surface area contributed by atoms with Gasteiger partial charge in [-0.3, -0.25) is 4.79 Å². The fourth-order valence-electron chi connectivity index (χ4n) is 1.78. The van der Waals surface area contributed by atoms with Gasteiger partial charge in [-0.25, -0.2) is 0 Å². The van der Waals surface area contributed by atoms with Gasteiger partial charge in [0.25, 0.3) is 5.91 Å². The Morgan fingerprint density at radius 2 is 2.15 bits per heavy atom. The quantitative estimate of drug-likeness (QED) is 0.794. The molecule has 0 aliphatic carbocycles. The first-order chi connectivity index (χ1) is 9.58. The molecule has 4 heteroatoms. The van der Waals surface area contributed by atoms with E-state index in [0.29, 0.717) is 6.54 Å². The van der Waals surface area contributed by atoms with Crippen LogP contribution in [0.5, 0.6) is 5.75 Å². The molecule has 4 nitrogen and oxygen atoms in total. The molecule has 0 bridgehead atoms. The van der Waals surface area contributed by atoms with E-state index < -0.39 is 0 Å². The fraction of sp³-hybridized carbons (Fsp3) is 0.562. The van der Waals surface area contributed by atoms with Gasteiger partial charge in [-0.1, -0.05) is 19.1 Å². The van der Waals surface area contributed by atoms with Crippen molar-refractivity contribution < 1.29 is 9.53 Å². The Balaban J connectivity index is 2.57. The first-order valence-corrected chi connectivity index (χ1v) is 7.28. The first kappa shape index (κ1) is 16.5. The summed E-state index contributed by atoms with van der Waals surface area (Å²) >= 11 is 0. The number of likely N-dealkylation sites (N-methyl/N-ethyl adjacent to an activating group) is 1. The van der Waals surface area contributed by atoms with Crippen LogP contribution in [0.4, 0.5) is 0 Å². The van der Waals surface area contributed by atoms with Crippen molar-refractivity contribution in [1.82, 2.24) is 10.2 Å². The summed E-state index contributed by atoms with van der Waals surface area (Å²) in [6.45, 7) is 8.00. The van der Waals surface area contributed by atoms with Crippen LogP contribution in [0.3, 0.4) is 0 Å². The van der Waals surface area contributed by atoms with Gasteiger partial charge in [0.1, 0.15) is 5.75 Å². The van der Waals surface area contributed by atoms with E-state index in [9.17, 15) is 4.79 Å². The number of nitrogens with zero attached hydrogens (tertiary/aromatic N) is 1. The lowest BCUT2D eigenvalue weighted by Crippen LogP contribution is -2.31. The van der Waals surface area contributed by atoms with Crippen molar-refractivity contribution >= 4 is 5.91 Å². The summed E-state index contributed by atoms with van der Waals surface area (Å²) in [5.41, 5.74) is 1.17. The molecule has 1 amide bonds. The molecule has 1 N–H and O–H groups in total.